The Balaban J connectivity index is 2.31. The average Bonchev–Trinajstić information content (AvgIpc) is 2.39. The van der Waals surface area contributed by atoms with Crippen molar-refractivity contribution in [2.24, 2.45) is 0 Å². The topological polar surface area (TPSA) is 67.6 Å². The molecule has 0 aromatic heterocycles. The highest BCUT2D eigenvalue weighted by molar-refractivity contribution is 5.64. The van der Waals surface area contributed by atoms with E-state index < -0.39 is 0 Å². The molecule has 17 heavy (non-hydrogen) atoms. The van der Waals surface area contributed by atoms with Crippen LogP contribution in [0.5, 0.6) is 0 Å². The van der Waals surface area contributed by atoms with Gasteiger partial charge < -0.3 is 15.0 Å². The lowest BCUT2D eigenvalue weighted by Gasteiger charge is -2.29. The average molecular weight is 237 g/mol. The number of nitro groups is 1. The van der Waals surface area contributed by atoms with E-state index in [-0.39, 0.29) is 10.6 Å². The van der Waals surface area contributed by atoms with E-state index in [1.54, 1.807) is 13.1 Å². The molecule has 1 aliphatic rings. The van der Waals surface area contributed by atoms with Gasteiger partial charge in [0.2, 0.25) is 0 Å². The monoisotopic (exact) mass is 237 g/mol. The summed E-state index contributed by atoms with van der Waals surface area (Å²) in [5.74, 6) is 0. The van der Waals surface area contributed by atoms with Crippen LogP contribution in [0.1, 0.15) is 0 Å². The third-order valence-electron chi connectivity index (χ3n) is 2.78. The van der Waals surface area contributed by atoms with E-state index in [1.807, 2.05) is 6.07 Å². The second-order valence-electron chi connectivity index (χ2n) is 3.84. The predicted molar refractivity (Wildman–Crippen MR) is 65.7 cm³/mol. The van der Waals surface area contributed by atoms with Gasteiger partial charge in [-0.1, -0.05) is 0 Å². The molecule has 0 radical (unpaired) electrons. The number of nitro benzene ring substituents is 1. The Morgan fingerprint density at radius 3 is 2.65 bits per heavy atom. The fourth-order valence-electron chi connectivity index (χ4n) is 1.85. The zero-order valence-electron chi connectivity index (χ0n) is 9.68. The maximum atomic E-state index is 10.8. The van der Waals surface area contributed by atoms with Crippen LogP contribution in [-0.2, 0) is 4.74 Å². The van der Waals surface area contributed by atoms with Crippen LogP contribution in [0, 0.1) is 10.1 Å². The van der Waals surface area contributed by atoms with Gasteiger partial charge in [-0.15, -0.1) is 0 Å². The SMILES string of the molecule is CNc1cc(N2CCOCC2)cc([N+](=O)[O-])c1. The van der Waals surface area contributed by atoms with Gasteiger partial charge in [-0.3, -0.25) is 10.1 Å². The van der Waals surface area contributed by atoms with Crippen molar-refractivity contribution >= 4 is 17.1 Å². The first kappa shape index (κ1) is 11.7. The van der Waals surface area contributed by atoms with Gasteiger partial charge in [-0.05, 0) is 6.07 Å². The Morgan fingerprint density at radius 2 is 2.06 bits per heavy atom. The second kappa shape index (κ2) is 5.01. The zero-order chi connectivity index (χ0) is 12.3. The quantitative estimate of drug-likeness (QED) is 0.637. The van der Waals surface area contributed by atoms with Gasteiger partial charge in [0.05, 0.1) is 18.1 Å². The number of morpholine rings is 1. The molecule has 1 aliphatic heterocycles. The summed E-state index contributed by atoms with van der Waals surface area (Å²) >= 11 is 0. The molecule has 6 nitrogen and oxygen atoms in total. The van der Waals surface area contributed by atoms with Crippen LogP contribution in [0.25, 0.3) is 0 Å². The third-order valence-corrected chi connectivity index (χ3v) is 2.78. The first-order chi connectivity index (χ1) is 8.20. The highest BCUT2D eigenvalue weighted by Gasteiger charge is 2.16. The summed E-state index contributed by atoms with van der Waals surface area (Å²) in [6.07, 6.45) is 0. The third kappa shape index (κ3) is 2.65. The molecule has 1 aromatic rings. The molecule has 0 bridgehead atoms. The zero-order valence-corrected chi connectivity index (χ0v) is 9.68. The summed E-state index contributed by atoms with van der Waals surface area (Å²) in [5.41, 5.74) is 1.73. The van der Waals surface area contributed by atoms with E-state index in [0.29, 0.717) is 13.2 Å². The van der Waals surface area contributed by atoms with Crippen molar-refractivity contribution in [3.8, 4) is 0 Å². The number of anilines is 2. The first-order valence-electron chi connectivity index (χ1n) is 5.50. The summed E-state index contributed by atoms with van der Waals surface area (Å²) < 4.78 is 5.26. The number of ether oxygens (including phenoxy) is 1. The summed E-state index contributed by atoms with van der Waals surface area (Å²) in [6.45, 7) is 2.86. The summed E-state index contributed by atoms with van der Waals surface area (Å²) in [5, 5.41) is 13.8. The van der Waals surface area contributed by atoms with E-state index in [0.717, 1.165) is 24.5 Å². The van der Waals surface area contributed by atoms with Crippen LogP contribution in [-0.4, -0.2) is 38.3 Å². The van der Waals surface area contributed by atoms with E-state index in [2.05, 4.69) is 10.2 Å². The van der Waals surface area contributed by atoms with Gasteiger partial charge in [0, 0.05) is 43.6 Å². The predicted octanol–water partition coefficient (Wildman–Crippen LogP) is 1.47. The summed E-state index contributed by atoms with van der Waals surface area (Å²) in [6, 6.07) is 5.05. The highest BCUT2D eigenvalue weighted by atomic mass is 16.6. The number of benzene rings is 1. The Kier molecular flexibility index (Phi) is 3.43. The van der Waals surface area contributed by atoms with Gasteiger partial charge in [-0.25, -0.2) is 0 Å². The Labute approximate surface area is 99.3 Å². The van der Waals surface area contributed by atoms with Crippen LogP contribution >= 0.6 is 0 Å². The minimum Gasteiger partial charge on any atom is -0.388 e. The number of nitrogens with one attached hydrogen (secondary N) is 1. The van der Waals surface area contributed by atoms with Crippen molar-refractivity contribution < 1.29 is 9.66 Å². The van der Waals surface area contributed by atoms with Crippen LogP contribution in [0.3, 0.4) is 0 Å². The van der Waals surface area contributed by atoms with E-state index >= 15 is 0 Å². The fraction of sp³-hybridized carbons (Fsp3) is 0.455. The van der Waals surface area contributed by atoms with Crippen molar-refractivity contribution in [3.63, 3.8) is 0 Å². The van der Waals surface area contributed by atoms with Crippen LogP contribution in [0.4, 0.5) is 17.1 Å². The minimum atomic E-state index is -0.370. The van der Waals surface area contributed by atoms with Gasteiger partial charge in [0.25, 0.3) is 5.69 Å². The maximum absolute atomic E-state index is 10.8. The molecule has 6 heteroatoms. The maximum Gasteiger partial charge on any atom is 0.273 e. The van der Waals surface area contributed by atoms with Crippen molar-refractivity contribution in [1.82, 2.24) is 0 Å². The van der Waals surface area contributed by atoms with Crippen molar-refractivity contribution in [1.29, 1.82) is 0 Å². The molecule has 1 aromatic carbocycles. The van der Waals surface area contributed by atoms with Crippen LogP contribution < -0.4 is 10.2 Å². The fourth-order valence-corrected chi connectivity index (χ4v) is 1.85. The molecule has 0 saturated carbocycles. The summed E-state index contributed by atoms with van der Waals surface area (Å²) in [4.78, 5) is 12.6. The Bertz CT molecular complexity index is 416. The minimum absolute atomic E-state index is 0.110. The first-order valence-corrected chi connectivity index (χ1v) is 5.50. The molecule has 2 rings (SSSR count). The molecule has 1 N–H and O–H groups in total. The lowest BCUT2D eigenvalue weighted by molar-refractivity contribution is -0.384. The molecule has 0 unspecified atom stereocenters. The molecular weight excluding hydrogens is 222 g/mol. The molecule has 1 saturated heterocycles. The molecule has 92 valence electrons. The Morgan fingerprint density at radius 1 is 1.35 bits per heavy atom. The molecule has 0 aliphatic carbocycles. The van der Waals surface area contributed by atoms with Crippen molar-refractivity contribution in [2.75, 3.05) is 43.6 Å². The summed E-state index contributed by atoms with van der Waals surface area (Å²) in [7, 11) is 1.75. The largest absolute Gasteiger partial charge is 0.388 e. The molecule has 1 heterocycles. The molecule has 0 amide bonds. The van der Waals surface area contributed by atoms with Crippen molar-refractivity contribution in [2.45, 2.75) is 0 Å². The van der Waals surface area contributed by atoms with Crippen molar-refractivity contribution in [3.05, 3.63) is 28.3 Å². The number of non-ortho nitro benzene ring substituents is 1. The van der Waals surface area contributed by atoms with Gasteiger partial charge >= 0.3 is 0 Å². The molecule has 0 atom stereocenters. The number of rotatable bonds is 3. The lowest BCUT2D eigenvalue weighted by atomic mass is 10.2. The molecule has 0 spiro atoms. The van der Waals surface area contributed by atoms with E-state index in [1.165, 1.54) is 6.07 Å². The number of hydrogen-bond donors (Lipinski definition) is 1. The van der Waals surface area contributed by atoms with Gasteiger partial charge in [-0.2, -0.15) is 0 Å². The van der Waals surface area contributed by atoms with E-state index in [9.17, 15) is 10.1 Å². The van der Waals surface area contributed by atoms with Gasteiger partial charge in [0.15, 0.2) is 0 Å². The lowest BCUT2D eigenvalue weighted by Crippen LogP contribution is -2.36. The molecular formula is C11H15N3O3. The van der Waals surface area contributed by atoms with E-state index in [4.69, 9.17) is 4.74 Å². The van der Waals surface area contributed by atoms with Crippen LogP contribution in [0.2, 0.25) is 0 Å². The number of hydrogen-bond acceptors (Lipinski definition) is 5. The normalized spacial score (nSPS) is 15.7. The standard InChI is InChI=1S/C11H15N3O3/c1-12-9-6-10(8-11(7-9)14(15)16)13-2-4-17-5-3-13/h6-8,12H,2-5H2,1H3. The smallest absolute Gasteiger partial charge is 0.273 e. The molecule has 1 fully saturated rings. The second-order valence-corrected chi connectivity index (χ2v) is 3.84. The number of nitrogens with zero attached hydrogens (tertiary/aromatic N) is 2. The Hall–Kier alpha value is -1.82. The van der Waals surface area contributed by atoms with Gasteiger partial charge in [0.1, 0.15) is 0 Å². The van der Waals surface area contributed by atoms with Crippen LogP contribution in [0.15, 0.2) is 18.2 Å². The highest BCUT2D eigenvalue weighted by Crippen LogP contribution is 2.27.